The van der Waals surface area contributed by atoms with Crippen LogP contribution in [-0.4, -0.2) is 32.4 Å². The SMILES string of the molecule is Brc1ccc(OCCNCC2CCCCO2)cc1. The van der Waals surface area contributed by atoms with Crippen molar-refractivity contribution < 1.29 is 9.47 Å². The van der Waals surface area contributed by atoms with E-state index in [1.165, 1.54) is 19.3 Å². The molecule has 3 nitrogen and oxygen atoms in total. The Morgan fingerprint density at radius 3 is 2.83 bits per heavy atom. The largest absolute Gasteiger partial charge is 0.492 e. The molecule has 1 heterocycles. The molecule has 1 aromatic rings. The van der Waals surface area contributed by atoms with Gasteiger partial charge in [0.2, 0.25) is 0 Å². The Hall–Kier alpha value is -0.580. The molecule has 1 atom stereocenters. The zero-order chi connectivity index (χ0) is 12.6. The Labute approximate surface area is 117 Å². The van der Waals surface area contributed by atoms with E-state index in [4.69, 9.17) is 9.47 Å². The fraction of sp³-hybridized carbons (Fsp3) is 0.571. The third-order valence-electron chi connectivity index (χ3n) is 3.01. The Morgan fingerprint density at radius 2 is 2.11 bits per heavy atom. The average Bonchev–Trinajstić information content (AvgIpc) is 2.42. The van der Waals surface area contributed by atoms with Gasteiger partial charge in [-0.15, -0.1) is 0 Å². The van der Waals surface area contributed by atoms with Crippen molar-refractivity contribution in [3.05, 3.63) is 28.7 Å². The molecule has 0 aromatic heterocycles. The van der Waals surface area contributed by atoms with Gasteiger partial charge in [-0.3, -0.25) is 0 Å². The number of rotatable bonds is 6. The van der Waals surface area contributed by atoms with E-state index in [1.807, 2.05) is 24.3 Å². The summed E-state index contributed by atoms with van der Waals surface area (Å²) in [5.74, 6) is 0.911. The van der Waals surface area contributed by atoms with Crippen molar-refractivity contribution in [3.8, 4) is 5.75 Å². The summed E-state index contributed by atoms with van der Waals surface area (Å²) in [4.78, 5) is 0. The quantitative estimate of drug-likeness (QED) is 0.819. The van der Waals surface area contributed by atoms with Gasteiger partial charge in [0.25, 0.3) is 0 Å². The molecular weight excluding hydrogens is 294 g/mol. The molecule has 0 saturated carbocycles. The summed E-state index contributed by atoms with van der Waals surface area (Å²) in [6, 6.07) is 7.90. The molecule has 1 aromatic carbocycles. The van der Waals surface area contributed by atoms with Crippen LogP contribution in [0.4, 0.5) is 0 Å². The number of ether oxygens (including phenoxy) is 2. The molecule has 100 valence electrons. The van der Waals surface area contributed by atoms with Gasteiger partial charge in [0.05, 0.1) is 6.10 Å². The van der Waals surface area contributed by atoms with Crippen molar-refractivity contribution in [3.63, 3.8) is 0 Å². The first-order valence-electron chi connectivity index (χ1n) is 6.55. The first-order chi connectivity index (χ1) is 8.84. The molecule has 1 aliphatic heterocycles. The lowest BCUT2D eigenvalue weighted by Crippen LogP contribution is -2.33. The molecule has 1 aliphatic rings. The summed E-state index contributed by atoms with van der Waals surface area (Å²) >= 11 is 3.40. The van der Waals surface area contributed by atoms with Crippen LogP contribution in [0.3, 0.4) is 0 Å². The monoisotopic (exact) mass is 313 g/mol. The predicted octanol–water partition coefficient (Wildman–Crippen LogP) is 2.99. The number of halogens is 1. The van der Waals surface area contributed by atoms with Crippen molar-refractivity contribution in [2.24, 2.45) is 0 Å². The van der Waals surface area contributed by atoms with Gasteiger partial charge in [-0.2, -0.15) is 0 Å². The highest BCUT2D eigenvalue weighted by molar-refractivity contribution is 9.10. The fourth-order valence-corrected chi connectivity index (χ4v) is 2.27. The fourth-order valence-electron chi connectivity index (χ4n) is 2.00. The molecule has 1 unspecified atom stereocenters. The van der Waals surface area contributed by atoms with E-state index in [0.29, 0.717) is 12.7 Å². The number of nitrogens with one attached hydrogen (secondary N) is 1. The molecule has 0 amide bonds. The molecular formula is C14H20BrNO2. The maximum Gasteiger partial charge on any atom is 0.119 e. The highest BCUT2D eigenvalue weighted by Gasteiger charge is 2.12. The Balaban J connectivity index is 1.54. The molecule has 2 rings (SSSR count). The van der Waals surface area contributed by atoms with Gasteiger partial charge in [-0.05, 0) is 43.5 Å². The van der Waals surface area contributed by atoms with Crippen LogP contribution >= 0.6 is 15.9 Å². The van der Waals surface area contributed by atoms with Crippen LogP contribution in [0.25, 0.3) is 0 Å². The maximum absolute atomic E-state index is 5.65. The Bertz CT molecular complexity index is 336. The summed E-state index contributed by atoms with van der Waals surface area (Å²) in [6.07, 6.45) is 4.08. The number of hydrogen-bond donors (Lipinski definition) is 1. The van der Waals surface area contributed by atoms with Gasteiger partial charge in [0.15, 0.2) is 0 Å². The van der Waals surface area contributed by atoms with Crippen molar-refractivity contribution in [1.82, 2.24) is 5.32 Å². The van der Waals surface area contributed by atoms with Crippen LogP contribution in [-0.2, 0) is 4.74 Å². The van der Waals surface area contributed by atoms with E-state index in [9.17, 15) is 0 Å². The van der Waals surface area contributed by atoms with Gasteiger partial charge >= 0.3 is 0 Å². The standard InChI is InChI=1S/C14H20BrNO2/c15-12-4-6-13(7-5-12)18-10-8-16-11-14-3-1-2-9-17-14/h4-7,14,16H,1-3,8-11H2. The van der Waals surface area contributed by atoms with Gasteiger partial charge in [-0.25, -0.2) is 0 Å². The minimum Gasteiger partial charge on any atom is -0.492 e. The van der Waals surface area contributed by atoms with Gasteiger partial charge in [0.1, 0.15) is 12.4 Å². The minimum absolute atomic E-state index is 0.395. The lowest BCUT2D eigenvalue weighted by atomic mass is 10.1. The van der Waals surface area contributed by atoms with Crippen LogP contribution in [0.2, 0.25) is 0 Å². The summed E-state index contributed by atoms with van der Waals surface area (Å²) in [6.45, 7) is 3.40. The summed E-state index contributed by atoms with van der Waals surface area (Å²) in [5, 5.41) is 3.38. The molecule has 0 spiro atoms. The lowest BCUT2D eigenvalue weighted by molar-refractivity contribution is 0.0167. The van der Waals surface area contributed by atoms with E-state index < -0.39 is 0 Å². The zero-order valence-electron chi connectivity index (χ0n) is 10.5. The third-order valence-corrected chi connectivity index (χ3v) is 3.54. The molecule has 0 bridgehead atoms. The number of hydrogen-bond acceptors (Lipinski definition) is 3. The van der Waals surface area contributed by atoms with Crippen molar-refractivity contribution in [1.29, 1.82) is 0 Å². The second-order valence-electron chi connectivity index (χ2n) is 4.50. The topological polar surface area (TPSA) is 30.5 Å². The van der Waals surface area contributed by atoms with Crippen molar-refractivity contribution >= 4 is 15.9 Å². The molecule has 18 heavy (non-hydrogen) atoms. The first kappa shape index (κ1) is 13.8. The van der Waals surface area contributed by atoms with Crippen LogP contribution in [0.15, 0.2) is 28.7 Å². The second-order valence-corrected chi connectivity index (χ2v) is 5.41. The average molecular weight is 314 g/mol. The Kier molecular flexibility index (Phi) is 5.97. The first-order valence-corrected chi connectivity index (χ1v) is 7.34. The molecule has 0 aliphatic carbocycles. The van der Waals surface area contributed by atoms with Crippen LogP contribution in [0.1, 0.15) is 19.3 Å². The van der Waals surface area contributed by atoms with E-state index in [1.54, 1.807) is 0 Å². The van der Waals surface area contributed by atoms with Crippen LogP contribution < -0.4 is 10.1 Å². The van der Waals surface area contributed by atoms with E-state index in [0.717, 1.165) is 29.9 Å². The molecule has 0 radical (unpaired) electrons. The smallest absolute Gasteiger partial charge is 0.119 e. The van der Waals surface area contributed by atoms with Crippen LogP contribution in [0.5, 0.6) is 5.75 Å². The van der Waals surface area contributed by atoms with Crippen molar-refractivity contribution in [2.45, 2.75) is 25.4 Å². The molecule has 1 saturated heterocycles. The number of benzene rings is 1. The molecule has 1 fully saturated rings. The molecule has 1 N–H and O–H groups in total. The Morgan fingerprint density at radius 1 is 1.28 bits per heavy atom. The van der Waals surface area contributed by atoms with Crippen LogP contribution in [0, 0.1) is 0 Å². The van der Waals surface area contributed by atoms with Crippen molar-refractivity contribution in [2.75, 3.05) is 26.3 Å². The summed E-state index contributed by atoms with van der Waals surface area (Å²) in [7, 11) is 0. The van der Waals surface area contributed by atoms with E-state index in [2.05, 4.69) is 21.2 Å². The molecule has 4 heteroatoms. The zero-order valence-corrected chi connectivity index (χ0v) is 12.1. The lowest BCUT2D eigenvalue weighted by Gasteiger charge is -2.22. The predicted molar refractivity (Wildman–Crippen MR) is 76.1 cm³/mol. The maximum atomic E-state index is 5.65. The third kappa shape index (κ3) is 4.96. The highest BCUT2D eigenvalue weighted by atomic mass is 79.9. The van der Waals surface area contributed by atoms with Gasteiger partial charge in [-0.1, -0.05) is 15.9 Å². The van der Waals surface area contributed by atoms with E-state index in [-0.39, 0.29) is 0 Å². The normalized spacial score (nSPS) is 19.7. The van der Waals surface area contributed by atoms with E-state index >= 15 is 0 Å². The summed E-state index contributed by atoms with van der Waals surface area (Å²) in [5.41, 5.74) is 0. The minimum atomic E-state index is 0.395. The van der Waals surface area contributed by atoms with Gasteiger partial charge < -0.3 is 14.8 Å². The second kappa shape index (κ2) is 7.77. The highest BCUT2D eigenvalue weighted by Crippen LogP contribution is 2.15. The van der Waals surface area contributed by atoms with Gasteiger partial charge in [0, 0.05) is 24.2 Å². The summed E-state index contributed by atoms with van der Waals surface area (Å²) < 4.78 is 12.3.